The zero-order valence-electron chi connectivity index (χ0n) is 9.92. The van der Waals surface area contributed by atoms with E-state index in [0.29, 0.717) is 0 Å². The van der Waals surface area contributed by atoms with Gasteiger partial charge in [0.1, 0.15) is 11.9 Å². The van der Waals surface area contributed by atoms with Crippen molar-refractivity contribution in [2.45, 2.75) is 19.4 Å². The number of aliphatic carboxylic acids is 1. The van der Waals surface area contributed by atoms with Crippen LogP contribution in [0.4, 0.5) is 10.1 Å². The van der Waals surface area contributed by atoms with Crippen LogP contribution in [0.1, 0.15) is 23.7 Å². The summed E-state index contributed by atoms with van der Waals surface area (Å²) in [5, 5.41) is 21.4. The zero-order chi connectivity index (χ0) is 14.6. The molecule has 1 amide bonds. The summed E-state index contributed by atoms with van der Waals surface area (Å²) >= 11 is 0. The number of nitrogens with zero attached hydrogens (tertiary/aromatic N) is 1. The second-order valence-electron chi connectivity index (χ2n) is 3.69. The van der Waals surface area contributed by atoms with E-state index < -0.39 is 39.9 Å². The van der Waals surface area contributed by atoms with E-state index in [9.17, 15) is 24.1 Å². The number of hydrogen-bond acceptors (Lipinski definition) is 4. The minimum Gasteiger partial charge on any atom is -0.480 e. The summed E-state index contributed by atoms with van der Waals surface area (Å²) in [6.45, 7) is 1.53. The number of nitrogens with one attached hydrogen (secondary N) is 1. The minimum atomic E-state index is -1.26. The number of nitro benzene ring substituents is 1. The molecule has 1 atom stereocenters. The van der Waals surface area contributed by atoms with Crippen LogP contribution in [0.2, 0.25) is 0 Å². The first-order valence-corrected chi connectivity index (χ1v) is 5.34. The third-order valence-electron chi connectivity index (χ3n) is 2.42. The first-order valence-electron chi connectivity index (χ1n) is 5.34. The molecule has 7 nitrogen and oxygen atoms in total. The van der Waals surface area contributed by atoms with E-state index in [2.05, 4.69) is 5.32 Å². The predicted molar refractivity (Wildman–Crippen MR) is 62.2 cm³/mol. The molecule has 0 heterocycles. The number of amides is 1. The van der Waals surface area contributed by atoms with Crippen LogP contribution in [0.5, 0.6) is 0 Å². The van der Waals surface area contributed by atoms with E-state index >= 15 is 0 Å². The van der Waals surface area contributed by atoms with Crippen molar-refractivity contribution in [2.24, 2.45) is 0 Å². The smallest absolute Gasteiger partial charge is 0.326 e. The highest BCUT2D eigenvalue weighted by atomic mass is 19.1. The predicted octanol–water partition coefficient (Wildman–Crippen LogP) is 1.33. The molecule has 0 fully saturated rings. The van der Waals surface area contributed by atoms with Gasteiger partial charge in [-0.2, -0.15) is 0 Å². The first kappa shape index (κ1) is 14.6. The van der Waals surface area contributed by atoms with Crippen LogP contribution < -0.4 is 5.32 Å². The van der Waals surface area contributed by atoms with Crippen molar-refractivity contribution < 1.29 is 24.0 Å². The number of benzene rings is 1. The molecule has 1 rings (SSSR count). The summed E-state index contributed by atoms with van der Waals surface area (Å²) in [4.78, 5) is 32.2. The molecule has 1 aromatic carbocycles. The standard InChI is InChI=1S/C11H11FN2O5/c1-2-9(11(16)17)13-10(15)7-5-6(14(18)19)3-4-8(7)12/h3-5,9H,2H2,1H3,(H,13,15)(H,16,17)/t9-/m0/s1. The van der Waals surface area contributed by atoms with Crippen molar-refractivity contribution in [3.63, 3.8) is 0 Å². The third kappa shape index (κ3) is 3.47. The highest BCUT2D eigenvalue weighted by Gasteiger charge is 2.22. The number of hydrogen-bond donors (Lipinski definition) is 2. The van der Waals surface area contributed by atoms with Gasteiger partial charge in [-0.25, -0.2) is 9.18 Å². The lowest BCUT2D eigenvalue weighted by molar-refractivity contribution is -0.384. The molecular weight excluding hydrogens is 259 g/mol. The Morgan fingerprint density at radius 2 is 2.16 bits per heavy atom. The first-order chi connectivity index (χ1) is 8.86. The molecule has 19 heavy (non-hydrogen) atoms. The topological polar surface area (TPSA) is 110 Å². The van der Waals surface area contributed by atoms with Crippen LogP contribution in [0.3, 0.4) is 0 Å². The largest absolute Gasteiger partial charge is 0.480 e. The number of rotatable bonds is 5. The van der Waals surface area contributed by atoms with Gasteiger partial charge in [0.05, 0.1) is 10.5 Å². The van der Waals surface area contributed by atoms with Gasteiger partial charge in [-0.05, 0) is 12.5 Å². The number of non-ortho nitro benzene ring substituents is 1. The molecule has 0 aliphatic carbocycles. The fraction of sp³-hybridized carbons (Fsp3) is 0.273. The van der Waals surface area contributed by atoms with Crippen molar-refractivity contribution in [1.82, 2.24) is 5.32 Å². The van der Waals surface area contributed by atoms with E-state index in [1.807, 2.05) is 0 Å². The second kappa shape index (κ2) is 5.89. The molecule has 0 saturated heterocycles. The molecule has 0 aliphatic rings. The average molecular weight is 270 g/mol. The number of nitro groups is 1. The molecule has 102 valence electrons. The molecule has 8 heteroatoms. The lowest BCUT2D eigenvalue weighted by Crippen LogP contribution is -2.40. The van der Waals surface area contributed by atoms with Crippen LogP contribution in [-0.4, -0.2) is 27.9 Å². The molecule has 1 aromatic rings. The molecule has 0 aromatic heterocycles. The Labute approximate surface area is 107 Å². The van der Waals surface area contributed by atoms with Gasteiger partial charge in [0.2, 0.25) is 0 Å². The number of carboxylic acids is 1. The maximum Gasteiger partial charge on any atom is 0.326 e. The summed E-state index contributed by atoms with van der Waals surface area (Å²) in [5.41, 5.74) is -1.01. The van der Waals surface area contributed by atoms with Crippen LogP contribution in [-0.2, 0) is 4.79 Å². The second-order valence-corrected chi connectivity index (χ2v) is 3.69. The lowest BCUT2D eigenvalue weighted by atomic mass is 10.1. The Balaban J connectivity index is 3.02. The normalized spacial score (nSPS) is 11.7. The lowest BCUT2D eigenvalue weighted by Gasteiger charge is -2.12. The molecule has 0 spiro atoms. The van der Waals surface area contributed by atoms with Gasteiger partial charge in [-0.3, -0.25) is 14.9 Å². The van der Waals surface area contributed by atoms with Gasteiger partial charge in [-0.15, -0.1) is 0 Å². The quantitative estimate of drug-likeness (QED) is 0.619. The summed E-state index contributed by atoms with van der Waals surface area (Å²) in [7, 11) is 0. The molecule has 0 saturated carbocycles. The minimum absolute atomic E-state index is 0.109. The Morgan fingerprint density at radius 3 is 2.63 bits per heavy atom. The molecule has 0 bridgehead atoms. The molecule has 0 unspecified atom stereocenters. The highest BCUT2D eigenvalue weighted by Crippen LogP contribution is 2.17. The fourth-order valence-corrected chi connectivity index (χ4v) is 1.38. The third-order valence-corrected chi connectivity index (χ3v) is 2.42. The van der Waals surface area contributed by atoms with Gasteiger partial charge < -0.3 is 10.4 Å². The summed E-state index contributed by atoms with van der Waals surface area (Å²) < 4.78 is 13.4. The van der Waals surface area contributed by atoms with Gasteiger partial charge in [0.15, 0.2) is 0 Å². The van der Waals surface area contributed by atoms with Gasteiger partial charge in [0.25, 0.3) is 11.6 Å². The summed E-state index contributed by atoms with van der Waals surface area (Å²) in [5.74, 6) is -3.22. The van der Waals surface area contributed by atoms with Gasteiger partial charge >= 0.3 is 5.97 Å². The van der Waals surface area contributed by atoms with E-state index in [1.54, 1.807) is 0 Å². The number of carbonyl (C=O) groups excluding carboxylic acids is 1. The van der Waals surface area contributed by atoms with Crippen LogP contribution in [0.25, 0.3) is 0 Å². The van der Waals surface area contributed by atoms with Gasteiger partial charge in [-0.1, -0.05) is 6.92 Å². The maximum atomic E-state index is 13.4. The van der Waals surface area contributed by atoms with Crippen molar-refractivity contribution in [2.75, 3.05) is 0 Å². The SMILES string of the molecule is CC[C@H](NC(=O)c1cc([N+](=O)[O-])ccc1F)C(=O)O. The monoisotopic (exact) mass is 270 g/mol. The van der Waals surface area contributed by atoms with E-state index in [4.69, 9.17) is 5.11 Å². The van der Waals surface area contributed by atoms with E-state index in [0.717, 1.165) is 18.2 Å². The number of halogens is 1. The Bertz CT molecular complexity index is 532. The van der Waals surface area contributed by atoms with Gasteiger partial charge in [0, 0.05) is 12.1 Å². The van der Waals surface area contributed by atoms with Crippen LogP contribution in [0.15, 0.2) is 18.2 Å². The van der Waals surface area contributed by atoms with E-state index in [1.165, 1.54) is 6.92 Å². The number of carbonyl (C=O) groups is 2. The van der Waals surface area contributed by atoms with Crippen molar-refractivity contribution in [1.29, 1.82) is 0 Å². The summed E-state index contributed by atoms with van der Waals surface area (Å²) in [6.07, 6.45) is 0.109. The average Bonchev–Trinajstić information content (AvgIpc) is 2.35. The number of carboxylic acid groups (broad SMARTS) is 1. The Morgan fingerprint density at radius 1 is 1.53 bits per heavy atom. The molecular formula is C11H11FN2O5. The Hall–Kier alpha value is -2.51. The zero-order valence-corrected chi connectivity index (χ0v) is 9.92. The fourth-order valence-electron chi connectivity index (χ4n) is 1.38. The van der Waals surface area contributed by atoms with Crippen LogP contribution >= 0.6 is 0 Å². The Kier molecular flexibility index (Phi) is 4.51. The van der Waals surface area contributed by atoms with Crippen molar-refractivity contribution >= 4 is 17.6 Å². The van der Waals surface area contributed by atoms with Crippen molar-refractivity contribution in [3.8, 4) is 0 Å². The molecule has 0 aliphatic heterocycles. The van der Waals surface area contributed by atoms with Crippen LogP contribution in [0, 0.1) is 15.9 Å². The summed E-state index contributed by atoms with van der Waals surface area (Å²) in [6, 6.07) is 1.29. The molecule has 2 N–H and O–H groups in total. The molecule has 0 radical (unpaired) electrons. The van der Waals surface area contributed by atoms with Crippen molar-refractivity contribution in [3.05, 3.63) is 39.7 Å². The van der Waals surface area contributed by atoms with E-state index in [-0.39, 0.29) is 6.42 Å². The highest BCUT2D eigenvalue weighted by molar-refractivity contribution is 5.97. The maximum absolute atomic E-state index is 13.4.